The molecule has 0 aromatic heterocycles. The van der Waals surface area contributed by atoms with E-state index in [-0.39, 0.29) is 17.7 Å². The van der Waals surface area contributed by atoms with Crippen LogP contribution in [0, 0.1) is 5.92 Å². The lowest BCUT2D eigenvalue weighted by Crippen LogP contribution is -2.60. The van der Waals surface area contributed by atoms with Crippen LogP contribution in [0.1, 0.15) is 101 Å². The summed E-state index contributed by atoms with van der Waals surface area (Å²) in [7, 11) is 0. The van der Waals surface area contributed by atoms with Crippen molar-refractivity contribution in [2.45, 2.75) is 118 Å². The molecule has 198 valence electrons. The molecule has 2 N–H and O–H groups in total. The summed E-state index contributed by atoms with van der Waals surface area (Å²) in [6.07, 6.45) is 0.379. The lowest BCUT2D eigenvalue weighted by molar-refractivity contribution is -0.150. The first kappa shape index (κ1) is 30.5. The van der Waals surface area contributed by atoms with Gasteiger partial charge in [0, 0.05) is 11.1 Å². The average molecular weight is 490 g/mol. The molecule has 2 atom stereocenters. The minimum atomic E-state index is -0.868. The van der Waals surface area contributed by atoms with Gasteiger partial charge >= 0.3 is 6.09 Å². The fourth-order valence-electron chi connectivity index (χ4n) is 3.75. The van der Waals surface area contributed by atoms with E-state index in [1.807, 2.05) is 85.7 Å². The van der Waals surface area contributed by atoms with E-state index in [1.165, 1.54) is 0 Å². The summed E-state index contributed by atoms with van der Waals surface area (Å²) in [5.74, 6) is -0.447. The third-order valence-electron chi connectivity index (χ3n) is 5.57. The fraction of sp³-hybridized carbons (Fsp3) is 0.679. The van der Waals surface area contributed by atoms with Gasteiger partial charge in [0.25, 0.3) is 0 Å². The van der Waals surface area contributed by atoms with Gasteiger partial charge in [-0.1, -0.05) is 51.1 Å². The van der Waals surface area contributed by atoms with E-state index in [2.05, 4.69) is 10.6 Å². The molecular formula is C28H47N3O4. The Kier molecular flexibility index (Phi) is 10.4. The zero-order valence-corrected chi connectivity index (χ0v) is 23.6. The third-order valence-corrected chi connectivity index (χ3v) is 5.57. The first-order valence-corrected chi connectivity index (χ1v) is 12.6. The standard InChI is InChI=1S/C28H47N3O4/c1-12-28(10,11)31(22(20-16-14-13-15-17-20)23(32)30-26(4,5)6)24(33)21(18-19(2)3)29-25(34)35-27(7,8)9/h13-17,19,21-22H,12,18H2,1-11H3,(H,29,34)(H,30,32). The molecule has 1 aromatic rings. The molecule has 0 saturated carbocycles. The lowest BCUT2D eigenvalue weighted by atomic mass is 9.90. The number of ether oxygens (including phenoxy) is 1. The van der Waals surface area contributed by atoms with Gasteiger partial charge in [-0.3, -0.25) is 9.59 Å². The molecule has 0 spiro atoms. The minimum absolute atomic E-state index is 0.129. The van der Waals surface area contributed by atoms with Gasteiger partial charge in [0.1, 0.15) is 17.7 Å². The fourth-order valence-corrected chi connectivity index (χ4v) is 3.75. The van der Waals surface area contributed by atoms with E-state index >= 15 is 0 Å². The molecule has 3 amide bonds. The maximum absolute atomic E-state index is 14.2. The maximum atomic E-state index is 14.2. The molecule has 2 unspecified atom stereocenters. The Hall–Kier alpha value is -2.57. The zero-order valence-electron chi connectivity index (χ0n) is 23.6. The van der Waals surface area contributed by atoms with Gasteiger partial charge in [0.05, 0.1) is 0 Å². The quantitative estimate of drug-likeness (QED) is 0.473. The normalized spacial score (nSPS) is 14.2. The van der Waals surface area contributed by atoms with E-state index < -0.39 is 34.9 Å². The number of hydrogen-bond acceptors (Lipinski definition) is 4. The van der Waals surface area contributed by atoms with Crippen LogP contribution in [0.4, 0.5) is 4.79 Å². The molecule has 0 saturated heterocycles. The molecule has 7 nitrogen and oxygen atoms in total. The van der Waals surface area contributed by atoms with Crippen LogP contribution in [-0.2, 0) is 14.3 Å². The Bertz CT molecular complexity index is 851. The second-order valence-corrected chi connectivity index (χ2v) is 12.3. The van der Waals surface area contributed by atoms with Gasteiger partial charge in [0.15, 0.2) is 0 Å². The number of amides is 3. The molecule has 0 aliphatic rings. The molecule has 0 bridgehead atoms. The third kappa shape index (κ3) is 9.90. The van der Waals surface area contributed by atoms with Crippen molar-refractivity contribution in [1.29, 1.82) is 0 Å². The zero-order chi connectivity index (χ0) is 27.2. The van der Waals surface area contributed by atoms with Gasteiger partial charge in [-0.2, -0.15) is 0 Å². The Balaban J connectivity index is 3.61. The molecule has 0 aliphatic heterocycles. The largest absolute Gasteiger partial charge is 0.444 e. The van der Waals surface area contributed by atoms with Crippen LogP contribution in [0.5, 0.6) is 0 Å². The Morgan fingerprint density at radius 1 is 0.943 bits per heavy atom. The van der Waals surface area contributed by atoms with Crippen molar-refractivity contribution >= 4 is 17.9 Å². The Morgan fingerprint density at radius 2 is 1.49 bits per heavy atom. The maximum Gasteiger partial charge on any atom is 0.408 e. The van der Waals surface area contributed by atoms with Crippen LogP contribution in [0.15, 0.2) is 30.3 Å². The predicted molar refractivity (Wildman–Crippen MR) is 141 cm³/mol. The molecule has 0 aliphatic carbocycles. The SMILES string of the molecule is CCC(C)(C)N(C(=O)C(CC(C)C)NC(=O)OC(C)(C)C)C(C(=O)NC(C)(C)C)c1ccccc1. The number of carbonyl (C=O) groups excluding carboxylic acids is 3. The van der Waals surface area contributed by atoms with Crippen molar-refractivity contribution in [1.82, 2.24) is 15.5 Å². The smallest absolute Gasteiger partial charge is 0.408 e. The molecule has 7 heteroatoms. The van der Waals surface area contributed by atoms with E-state index in [0.29, 0.717) is 18.4 Å². The van der Waals surface area contributed by atoms with Crippen LogP contribution in [0.2, 0.25) is 0 Å². The van der Waals surface area contributed by atoms with Crippen LogP contribution in [-0.4, -0.2) is 45.5 Å². The highest BCUT2D eigenvalue weighted by atomic mass is 16.6. The Labute approximate surface area is 212 Å². The monoisotopic (exact) mass is 489 g/mol. The van der Waals surface area contributed by atoms with E-state index in [1.54, 1.807) is 25.7 Å². The van der Waals surface area contributed by atoms with Gasteiger partial charge in [0.2, 0.25) is 11.8 Å². The molecule has 1 rings (SSSR count). The number of nitrogens with zero attached hydrogens (tertiary/aromatic N) is 1. The minimum Gasteiger partial charge on any atom is -0.444 e. The average Bonchev–Trinajstić information content (AvgIpc) is 2.68. The van der Waals surface area contributed by atoms with Crippen LogP contribution >= 0.6 is 0 Å². The van der Waals surface area contributed by atoms with Crippen LogP contribution in [0.3, 0.4) is 0 Å². The van der Waals surface area contributed by atoms with Crippen molar-refractivity contribution in [2.75, 3.05) is 0 Å². The number of carbonyl (C=O) groups is 3. The molecule has 0 radical (unpaired) electrons. The van der Waals surface area contributed by atoms with Crippen molar-refractivity contribution in [2.24, 2.45) is 5.92 Å². The topological polar surface area (TPSA) is 87.7 Å². The summed E-state index contributed by atoms with van der Waals surface area (Å²) >= 11 is 0. The first-order valence-electron chi connectivity index (χ1n) is 12.6. The van der Waals surface area contributed by atoms with Gasteiger partial charge in [-0.25, -0.2) is 4.79 Å². The number of alkyl carbamates (subject to hydrolysis) is 1. The molecule has 0 heterocycles. The summed E-state index contributed by atoms with van der Waals surface area (Å²) in [5, 5.41) is 5.85. The second kappa shape index (κ2) is 11.9. The summed E-state index contributed by atoms with van der Waals surface area (Å²) in [5.41, 5.74) is -1.14. The summed E-state index contributed by atoms with van der Waals surface area (Å²) in [6.45, 7) is 20.9. The summed E-state index contributed by atoms with van der Waals surface area (Å²) in [4.78, 5) is 42.3. The molecule has 0 fully saturated rings. The van der Waals surface area contributed by atoms with Crippen LogP contribution in [0.25, 0.3) is 0 Å². The van der Waals surface area contributed by atoms with Crippen molar-refractivity contribution in [3.05, 3.63) is 35.9 Å². The van der Waals surface area contributed by atoms with E-state index in [0.717, 1.165) is 0 Å². The van der Waals surface area contributed by atoms with E-state index in [9.17, 15) is 14.4 Å². The highest BCUT2D eigenvalue weighted by Crippen LogP contribution is 2.33. The lowest BCUT2D eigenvalue weighted by Gasteiger charge is -2.45. The number of rotatable bonds is 9. The predicted octanol–water partition coefficient (Wildman–Crippen LogP) is 5.60. The van der Waals surface area contributed by atoms with Gasteiger partial charge in [-0.05, 0) is 79.7 Å². The first-order chi connectivity index (χ1) is 15.9. The van der Waals surface area contributed by atoms with Crippen molar-refractivity contribution in [3.63, 3.8) is 0 Å². The van der Waals surface area contributed by atoms with Crippen molar-refractivity contribution < 1.29 is 19.1 Å². The number of benzene rings is 1. The molecule has 1 aromatic carbocycles. The van der Waals surface area contributed by atoms with Crippen LogP contribution < -0.4 is 10.6 Å². The number of nitrogens with one attached hydrogen (secondary N) is 2. The summed E-state index contributed by atoms with van der Waals surface area (Å²) < 4.78 is 5.45. The van der Waals surface area contributed by atoms with E-state index in [4.69, 9.17) is 4.74 Å². The second-order valence-electron chi connectivity index (χ2n) is 12.3. The van der Waals surface area contributed by atoms with Gasteiger partial charge < -0.3 is 20.3 Å². The summed E-state index contributed by atoms with van der Waals surface area (Å²) in [6, 6.07) is 7.61. The molecule has 35 heavy (non-hydrogen) atoms. The highest BCUT2D eigenvalue weighted by molar-refractivity contribution is 5.93. The Morgan fingerprint density at radius 3 is 1.91 bits per heavy atom. The van der Waals surface area contributed by atoms with Crippen molar-refractivity contribution in [3.8, 4) is 0 Å². The number of hydrogen-bond donors (Lipinski definition) is 2. The van der Waals surface area contributed by atoms with Gasteiger partial charge in [-0.15, -0.1) is 0 Å². The highest BCUT2D eigenvalue weighted by Gasteiger charge is 2.43. The molecular weight excluding hydrogens is 442 g/mol.